The van der Waals surface area contributed by atoms with Crippen molar-refractivity contribution in [1.29, 1.82) is 0 Å². The molecule has 0 atom stereocenters. The van der Waals surface area contributed by atoms with E-state index in [1.165, 1.54) is 18.1 Å². The number of halogens is 1. The van der Waals surface area contributed by atoms with Crippen LogP contribution in [-0.4, -0.2) is 24.6 Å². The largest absolute Gasteiger partial charge is 0.382 e. The predicted molar refractivity (Wildman–Crippen MR) is 73.0 cm³/mol. The van der Waals surface area contributed by atoms with Crippen LogP contribution in [0.2, 0.25) is 5.02 Å². The monoisotopic (exact) mass is 293 g/mol. The molecule has 96 valence electrons. The van der Waals surface area contributed by atoms with Crippen molar-refractivity contribution in [2.45, 2.75) is 9.79 Å². The lowest BCUT2D eigenvalue weighted by molar-refractivity contribution is 1.06. The molecule has 0 aliphatic rings. The molecule has 3 aromatic heterocycles. The predicted octanol–water partition coefficient (Wildman–Crippen LogP) is 1.49. The standard InChI is InChI=1S/C10H8ClN7S/c11-7-5(1-2-14-8(7)12)19-6-3-15-10(13)18-4-16-17-9(6)18/h1-4H,(H2,12,14)(H2,13,15). The summed E-state index contributed by atoms with van der Waals surface area (Å²) >= 11 is 7.48. The molecule has 0 saturated heterocycles. The van der Waals surface area contributed by atoms with E-state index in [1.54, 1.807) is 22.9 Å². The fraction of sp³-hybridized carbons (Fsp3) is 0. The molecule has 0 bridgehead atoms. The first kappa shape index (κ1) is 12.0. The lowest BCUT2D eigenvalue weighted by Crippen LogP contribution is -2.00. The number of nitrogens with two attached hydrogens (primary N) is 2. The Bertz CT molecular complexity index is 757. The smallest absolute Gasteiger partial charge is 0.207 e. The number of nitrogens with zero attached hydrogens (tertiary/aromatic N) is 5. The fourth-order valence-corrected chi connectivity index (χ4v) is 2.65. The van der Waals surface area contributed by atoms with Gasteiger partial charge in [0.2, 0.25) is 5.95 Å². The second-order valence-electron chi connectivity index (χ2n) is 3.62. The van der Waals surface area contributed by atoms with Crippen LogP contribution in [0.1, 0.15) is 0 Å². The van der Waals surface area contributed by atoms with Crippen molar-refractivity contribution in [3.05, 3.63) is 29.8 Å². The molecule has 0 radical (unpaired) electrons. The molecule has 0 aliphatic heterocycles. The topological polar surface area (TPSA) is 108 Å². The number of hydrogen-bond donors (Lipinski definition) is 2. The van der Waals surface area contributed by atoms with Crippen LogP contribution in [0.25, 0.3) is 5.65 Å². The Morgan fingerprint density at radius 1 is 1.21 bits per heavy atom. The van der Waals surface area contributed by atoms with Crippen LogP contribution in [0, 0.1) is 0 Å². The summed E-state index contributed by atoms with van der Waals surface area (Å²) < 4.78 is 1.60. The molecule has 0 unspecified atom stereocenters. The third kappa shape index (κ3) is 2.04. The van der Waals surface area contributed by atoms with Gasteiger partial charge in [0.1, 0.15) is 12.1 Å². The van der Waals surface area contributed by atoms with Gasteiger partial charge in [0.05, 0.1) is 9.92 Å². The number of anilines is 2. The first-order valence-corrected chi connectivity index (χ1v) is 6.38. The number of fused-ring (bicyclic) bond motifs is 1. The van der Waals surface area contributed by atoms with Gasteiger partial charge in [-0.1, -0.05) is 23.4 Å². The molecule has 3 rings (SSSR count). The molecule has 9 heteroatoms. The van der Waals surface area contributed by atoms with E-state index in [9.17, 15) is 0 Å². The molecule has 0 amide bonds. The molecule has 0 fully saturated rings. The quantitative estimate of drug-likeness (QED) is 0.737. The third-order valence-electron chi connectivity index (χ3n) is 2.43. The normalized spacial score (nSPS) is 11.0. The molecule has 3 aromatic rings. The highest BCUT2D eigenvalue weighted by Crippen LogP contribution is 2.36. The van der Waals surface area contributed by atoms with Gasteiger partial charge in [-0.2, -0.15) is 0 Å². The van der Waals surface area contributed by atoms with Gasteiger partial charge in [-0.3, -0.25) is 4.40 Å². The van der Waals surface area contributed by atoms with Crippen LogP contribution in [0.15, 0.2) is 34.6 Å². The highest BCUT2D eigenvalue weighted by atomic mass is 35.5. The summed E-state index contributed by atoms with van der Waals surface area (Å²) in [4.78, 5) is 9.53. The Hall–Kier alpha value is -2.06. The lowest BCUT2D eigenvalue weighted by atomic mass is 10.5. The van der Waals surface area contributed by atoms with Crippen molar-refractivity contribution >= 4 is 40.8 Å². The molecular formula is C10H8ClN7S. The summed E-state index contributed by atoms with van der Waals surface area (Å²) in [5.41, 5.74) is 12.0. The molecule has 19 heavy (non-hydrogen) atoms. The summed E-state index contributed by atoms with van der Waals surface area (Å²) in [6.07, 6.45) is 4.72. The van der Waals surface area contributed by atoms with Crippen molar-refractivity contribution < 1.29 is 0 Å². The molecule has 0 aliphatic carbocycles. The summed E-state index contributed by atoms with van der Waals surface area (Å²) in [5.74, 6) is 0.609. The molecule has 4 N–H and O–H groups in total. The van der Waals surface area contributed by atoms with E-state index in [-0.39, 0.29) is 5.82 Å². The maximum absolute atomic E-state index is 6.10. The minimum absolute atomic E-state index is 0.285. The van der Waals surface area contributed by atoms with Gasteiger partial charge in [-0.15, -0.1) is 10.2 Å². The van der Waals surface area contributed by atoms with Crippen molar-refractivity contribution in [2.75, 3.05) is 11.5 Å². The maximum Gasteiger partial charge on any atom is 0.207 e. The van der Waals surface area contributed by atoms with Gasteiger partial charge >= 0.3 is 0 Å². The van der Waals surface area contributed by atoms with Crippen molar-refractivity contribution in [1.82, 2.24) is 24.6 Å². The SMILES string of the molecule is Nc1nccc(Sc2cnc(N)n3cnnc23)c1Cl. The van der Waals surface area contributed by atoms with E-state index in [0.717, 1.165) is 9.79 Å². The van der Waals surface area contributed by atoms with Crippen LogP contribution in [-0.2, 0) is 0 Å². The van der Waals surface area contributed by atoms with E-state index < -0.39 is 0 Å². The Morgan fingerprint density at radius 2 is 2.05 bits per heavy atom. The first-order valence-electron chi connectivity index (χ1n) is 5.19. The molecular weight excluding hydrogens is 286 g/mol. The summed E-state index contributed by atoms with van der Waals surface area (Å²) in [6, 6.07) is 1.77. The fourth-order valence-electron chi connectivity index (χ4n) is 1.53. The average molecular weight is 294 g/mol. The van der Waals surface area contributed by atoms with Crippen molar-refractivity contribution in [3.63, 3.8) is 0 Å². The average Bonchev–Trinajstić information content (AvgIpc) is 2.88. The van der Waals surface area contributed by atoms with Gasteiger partial charge in [-0.05, 0) is 6.07 Å². The lowest BCUT2D eigenvalue weighted by Gasteiger charge is -2.06. The Kier molecular flexibility index (Phi) is 2.88. The van der Waals surface area contributed by atoms with E-state index in [2.05, 4.69) is 20.2 Å². The van der Waals surface area contributed by atoms with Gasteiger partial charge in [0, 0.05) is 17.3 Å². The molecule has 3 heterocycles. The van der Waals surface area contributed by atoms with Crippen LogP contribution in [0.4, 0.5) is 11.8 Å². The number of nitrogen functional groups attached to an aromatic ring is 2. The molecule has 0 saturated carbocycles. The highest BCUT2D eigenvalue weighted by Gasteiger charge is 2.12. The minimum Gasteiger partial charge on any atom is -0.382 e. The number of rotatable bonds is 2. The van der Waals surface area contributed by atoms with Crippen LogP contribution in [0.5, 0.6) is 0 Å². The Morgan fingerprint density at radius 3 is 2.89 bits per heavy atom. The molecule has 7 nitrogen and oxygen atoms in total. The summed E-state index contributed by atoms with van der Waals surface area (Å²) in [7, 11) is 0. The Labute approximate surface area is 117 Å². The van der Waals surface area contributed by atoms with Crippen molar-refractivity contribution in [2.24, 2.45) is 0 Å². The van der Waals surface area contributed by atoms with E-state index in [0.29, 0.717) is 16.6 Å². The minimum atomic E-state index is 0.285. The van der Waals surface area contributed by atoms with Gasteiger partial charge in [0.25, 0.3) is 0 Å². The maximum atomic E-state index is 6.10. The first-order chi connectivity index (χ1) is 9.16. The second kappa shape index (κ2) is 4.56. The van der Waals surface area contributed by atoms with Crippen molar-refractivity contribution in [3.8, 4) is 0 Å². The zero-order valence-electron chi connectivity index (χ0n) is 9.49. The van der Waals surface area contributed by atoms with E-state index in [1.807, 2.05) is 0 Å². The molecule has 0 aromatic carbocycles. The second-order valence-corrected chi connectivity index (χ2v) is 5.08. The van der Waals surface area contributed by atoms with Gasteiger partial charge < -0.3 is 11.5 Å². The highest BCUT2D eigenvalue weighted by molar-refractivity contribution is 7.99. The number of pyridine rings is 1. The molecule has 0 spiro atoms. The summed E-state index contributed by atoms with van der Waals surface area (Å²) in [5, 5.41) is 8.23. The van der Waals surface area contributed by atoms with Gasteiger partial charge in [0.15, 0.2) is 5.65 Å². The third-order valence-corrected chi connectivity index (χ3v) is 4.01. The Balaban J connectivity index is 2.09. The van der Waals surface area contributed by atoms with Gasteiger partial charge in [-0.25, -0.2) is 9.97 Å². The van der Waals surface area contributed by atoms with Crippen LogP contribution in [0.3, 0.4) is 0 Å². The zero-order valence-corrected chi connectivity index (χ0v) is 11.1. The van der Waals surface area contributed by atoms with E-state index >= 15 is 0 Å². The van der Waals surface area contributed by atoms with Crippen LogP contribution >= 0.6 is 23.4 Å². The number of hydrogen-bond acceptors (Lipinski definition) is 7. The number of aromatic nitrogens is 5. The zero-order chi connectivity index (χ0) is 13.4. The summed E-state index contributed by atoms with van der Waals surface area (Å²) in [6.45, 7) is 0. The van der Waals surface area contributed by atoms with Crippen LogP contribution < -0.4 is 11.5 Å². The van der Waals surface area contributed by atoms with E-state index in [4.69, 9.17) is 23.1 Å².